The van der Waals surface area contributed by atoms with Gasteiger partial charge in [-0.05, 0) is 57.5 Å². The summed E-state index contributed by atoms with van der Waals surface area (Å²) in [4.78, 5) is 17.7. The number of benzene rings is 1. The first-order chi connectivity index (χ1) is 12.9. The van der Waals surface area contributed by atoms with Crippen molar-refractivity contribution in [3.63, 3.8) is 0 Å². The maximum Gasteiger partial charge on any atom is 0.233 e. The van der Waals surface area contributed by atoms with Gasteiger partial charge in [-0.15, -0.1) is 0 Å². The van der Waals surface area contributed by atoms with Gasteiger partial charge < -0.3 is 19.3 Å². The van der Waals surface area contributed by atoms with E-state index in [2.05, 4.69) is 19.0 Å². The van der Waals surface area contributed by atoms with Crippen LogP contribution in [0.5, 0.6) is 0 Å². The average Bonchev–Trinajstić information content (AvgIpc) is 3.37. The summed E-state index contributed by atoms with van der Waals surface area (Å²) >= 11 is 6.18. The molecule has 1 saturated carbocycles. The van der Waals surface area contributed by atoms with Crippen molar-refractivity contribution < 1.29 is 14.3 Å². The molecule has 2 aliphatic heterocycles. The third-order valence-electron chi connectivity index (χ3n) is 6.08. The molecule has 2 saturated heterocycles. The number of ether oxygens (including phenoxy) is 2. The van der Waals surface area contributed by atoms with Crippen LogP contribution in [0.25, 0.3) is 0 Å². The zero-order valence-corrected chi connectivity index (χ0v) is 17.0. The van der Waals surface area contributed by atoms with E-state index in [0.717, 1.165) is 37.8 Å². The molecular formula is C21H29ClN2O3. The second-order valence-electron chi connectivity index (χ2n) is 8.60. The highest BCUT2D eigenvalue weighted by molar-refractivity contribution is 6.30. The molecule has 27 heavy (non-hydrogen) atoms. The first kappa shape index (κ1) is 19.2. The molecule has 5 nitrogen and oxygen atoms in total. The van der Waals surface area contributed by atoms with Crippen molar-refractivity contribution in [2.45, 2.75) is 42.8 Å². The highest BCUT2D eigenvalue weighted by Gasteiger charge is 2.55. The van der Waals surface area contributed by atoms with Gasteiger partial charge in [-0.3, -0.25) is 4.79 Å². The van der Waals surface area contributed by atoms with Crippen LogP contribution in [0.3, 0.4) is 0 Å². The van der Waals surface area contributed by atoms with Crippen LogP contribution >= 0.6 is 11.6 Å². The lowest BCUT2D eigenvalue weighted by molar-refractivity contribution is -0.139. The largest absolute Gasteiger partial charge is 0.377 e. The van der Waals surface area contributed by atoms with Crippen LogP contribution in [-0.4, -0.2) is 74.4 Å². The van der Waals surface area contributed by atoms with Gasteiger partial charge in [0.05, 0.1) is 31.3 Å². The van der Waals surface area contributed by atoms with Gasteiger partial charge in [-0.1, -0.05) is 23.7 Å². The van der Waals surface area contributed by atoms with Gasteiger partial charge in [0, 0.05) is 18.1 Å². The van der Waals surface area contributed by atoms with E-state index in [9.17, 15) is 4.79 Å². The molecule has 3 aliphatic rings. The third kappa shape index (κ3) is 3.88. The number of hydrogen-bond donors (Lipinski definition) is 0. The molecule has 0 radical (unpaired) electrons. The average molecular weight is 393 g/mol. The summed E-state index contributed by atoms with van der Waals surface area (Å²) < 4.78 is 12.3. The molecule has 6 heteroatoms. The molecule has 148 valence electrons. The number of rotatable bonds is 4. The Labute approximate surface area is 166 Å². The summed E-state index contributed by atoms with van der Waals surface area (Å²) in [6.07, 6.45) is 3.95. The van der Waals surface area contributed by atoms with Crippen molar-refractivity contribution >= 4 is 17.5 Å². The first-order valence-electron chi connectivity index (χ1n) is 9.88. The van der Waals surface area contributed by atoms with E-state index in [1.54, 1.807) is 0 Å². The van der Waals surface area contributed by atoms with Crippen LogP contribution in [0.1, 0.15) is 31.2 Å². The van der Waals surface area contributed by atoms with Crippen molar-refractivity contribution in [2.24, 2.45) is 0 Å². The quantitative estimate of drug-likeness (QED) is 0.790. The predicted octanol–water partition coefficient (Wildman–Crippen LogP) is 2.71. The van der Waals surface area contributed by atoms with E-state index in [-0.39, 0.29) is 17.6 Å². The van der Waals surface area contributed by atoms with Crippen molar-refractivity contribution in [3.05, 3.63) is 34.9 Å². The maximum absolute atomic E-state index is 13.5. The van der Waals surface area contributed by atoms with Gasteiger partial charge in [0.25, 0.3) is 0 Å². The van der Waals surface area contributed by atoms with Crippen LogP contribution in [-0.2, 0) is 19.7 Å². The van der Waals surface area contributed by atoms with Crippen molar-refractivity contribution in [1.29, 1.82) is 0 Å². The lowest BCUT2D eigenvalue weighted by Gasteiger charge is -2.34. The van der Waals surface area contributed by atoms with Crippen LogP contribution < -0.4 is 0 Å². The Morgan fingerprint density at radius 2 is 2.15 bits per heavy atom. The molecule has 4 rings (SSSR count). The highest BCUT2D eigenvalue weighted by Crippen LogP contribution is 2.50. The van der Waals surface area contributed by atoms with Gasteiger partial charge in [-0.2, -0.15) is 0 Å². The zero-order chi connectivity index (χ0) is 19.1. The van der Waals surface area contributed by atoms with E-state index in [0.29, 0.717) is 31.3 Å². The molecule has 0 unspecified atom stereocenters. The summed E-state index contributed by atoms with van der Waals surface area (Å²) in [7, 11) is 4.13. The number of carbonyl (C=O) groups excluding carboxylic acids is 1. The molecule has 2 heterocycles. The third-order valence-corrected chi connectivity index (χ3v) is 6.32. The molecule has 3 fully saturated rings. The lowest BCUT2D eigenvalue weighted by atomic mass is 9.93. The first-order valence-corrected chi connectivity index (χ1v) is 10.3. The van der Waals surface area contributed by atoms with Gasteiger partial charge >= 0.3 is 0 Å². The molecule has 0 N–H and O–H groups in total. The second kappa shape index (κ2) is 7.36. The molecule has 1 amide bonds. The molecule has 1 aromatic carbocycles. The minimum Gasteiger partial charge on any atom is -0.377 e. The Bertz CT molecular complexity index is 706. The molecule has 0 bridgehead atoms. The fourth-order valence-corrected chi connectivity index (χ4v) is 4.76. The number of carbonyl (C=O) groups is 1. The highest BCUT2D eigenvalue weighted by atomic mass is 35.5. The Morgan fingerprint density at radius 3 is 2.85 bits per heavy atom. The summed E-state index contributed by atoms with van der Waals surface area (Å²) in [5, 5.41) is 0.688. The van der Waals surface area contributed by atoms with Crippen molar-refractivity contribution in [1.82, 2.24) is 9.80 Å². The topological polar surface area (TPSA) is 42.0 Å². The van der Waals surface area contributed by atoms with Gasteiger partial charge in [0.2, 0.25) is 5.91 Å². The van der Waals surface area contributed by atoms with E-state index in [1.807, 2.05) is 29.2 Å². The van der Waals surface area contributed by atoms with Crippen LogP contribution in [0.4, 0.5) is 0 Å². The minimum absolute atomic E-state index is 0.203. The summed E-state index contributed by atoms with van der Waals surface area (Å²) in [5.74, 6) is 0.203. The Hall–Kier alpha value is -1.14. The molecule has 0 aromatic heterocycles. The zero-order valence-electron chi connectivity index (χ0n) is 16.2. The van der Waals surface area contributed by atoms with Crippen molar-refractivity contribution in [2.75, 3.05) is 46.9 Å². The molecule has 1 aromatic rings. The van der Waals surface area contributed by atoms with Crippen molar-refractivity contribution in [3.8, 4) is 0 Å². The minimum atomic E-state index is -0.405. The van der Waals surface area contributed by atoms with Gasteiger partial charge in [0.1, 0.15) is 5.60 Å². The summed E-state index contributed by atoms with van der Waals surface area (Å²) in [6, 6.07) is 7.76. The van der Waals surface area contributed by atoms with Gasteiger partial charge in [-0.25, -0.2) is 0 Å². The maximum atomic E-state index is 13.5. The van der Waals surface area contributed by atoms with Crippen LogP contribution in [0.2, 0.25) is 5.02 Å². The van der Waals surface area contributed by atoms with Crippen LogP contribution in [0, 0.1) is 0 Å². The summed E-state index contributed by atoms with van der Waals surface area (Å²) in [6.45, 7) is 3.30. The Kier molecular flexibility index (Phi) is 5.23. The number of likely N-dealkylation sites (N-methyl/N-ethyl adjacent to an activating group) is 1. The lowest BCUT2D eigenvalue weighted by Crippen LogP contribution is -2.49. The molecular weight excluding hydrogens is 364 g/mol. The van der Waals surface area contributed by atoms with E-state index in [1.165, 1.54) is 0 Å². The Morgan fingerprint density at radius 1 is 1.33 bits per heavy atom. The fourth-order valence-electron chi connectivity index (χ4n) is 4.57. The Balaban J connectivity index is 1.51. The second-order valence-corrected chi connectivity index (χ2v) is 9.03. The normalized spacial score (nSPS) is 29.9. The molecule has 1 spiro atoms. The molecule has 2 atom stereocenters. The molecule has 1 aliphatic carbocycles. The number of amides is 1. The van der Waals surface area contributed by atoms with E-state index < -0.39 is 5.41 Å². The van der Waals surface area contributed by atoms with Gasteiger partial charge in [0.15, 0.2) is 0 Å². The predicted molar refractivity (Wildman–Crippen MR) is 105 cm³/mol. The van der Waals surface area contributed by atoms with Crippen LogP contribution in [0.15, 0.2) is 24.3 Å². The monoisotopic (exact) mass is 392 g/mol. The summed E-state index contributed by atoms with van der Waals surface area (Å²) in [5.41, 5.74) is 0.270. The number of halogens is 1. The smallest absolute Gasteiger partial charge is 0.233 e. The number of hydrogen-bond acceptors (Lipinski definition) is 4. The fraction of sp³-hybridized carbons (Fsp3) is 0.667. The standard InChI is InChI=1S/C21H29ClN2O3/c1-23(2)13-18-6-7-20(27-18)14-24(10-11-26-15-20)19(25)21(8-9-21)16-4-3-5-17(22)12-16/h3-5,12,18H,6-11,13-15H2,1-2H3/t18-,20+/m1/s1. The van der Waals surface area contributed by atoms with E-state index in [4.69, 9.17) is 21.1 Å². The SMILES string of the molecule is CN(C)C[C@H]1CC[C@]2(COCCN(C(=O)C3(c4cccc(Cl)c4)CC3)C2)O1. The number of nitrogens with zero attached hydrogens (tertiary/aromatic N) is 2. The van der Waals surface area contributed by atoms with E-state index >= 15 is 0 Å².